The molecule has 21 heavy (non-hydrogen) atoms. The molecule has 0 radical (unpaired) electrons. The minimum absolute atomic E-state index is 0.103. The summed E-state index contributed by atoms with van der Waals surface area (Å²) in [6, 6.07) is 3.41. The highest BCUT2D eigenvalue weighted by Gasteiger charge is 2.20. The van der Waals surface area contributed by atoms with Gasteiger partial charge in [0.15, 0.2) is 5.13 Å². The van der Waals surface area contributed by atoms with Crippen LogP contribution >= 0.6 is 11.3 Å². The molecule has 2 rings (SSSR count). The second-order valence-corrected chi connectivity index (χ2v) is 7.84. The lowest BCUT2D eigenvalue weighted by molar-refractivity contribution is 0.396. The molecule has 0 aromatic carbocycles. The lowest BCUT2D eigenvalue weighted by Crippen LogP contribution is -2.21. The van der Waals surface area contributed by atoms with Gasteiger partial charge in [-0.15, -0.1) is 11.3 Å². The molecule has 2 heterocycles. The van der Waals surface area contributed by atoms with Gasteiger partial charge in [-0.25, -0.2) is 4.98 Å². The van der Waals surface area contributed by atoms with Gasteiger partial charge in [0.2, 0.25) is 5.09 Å². The van der Waals surface area contributed by atoms with Crippen molar-refractivity contribution in [2.45, 2.75) is 45.4 Å². The molecule has 0 aliphatic carbocycles. The third-order valence-corrected chi connectivity index (χ3v) is 5.17. The van der Waals surface area contributed by atoms with Crippen LogP contribution in [-0.4, -0.2) is 19.4 Å². The maximum atomic E-state index is 12.2. The normalized spacial score (nSPS) is 12.0. The Balaban J connectivity index is 2.12. The van der Waals surface area contributed by atoms with Crippen LogP contribution in [0.5, 0.6) is 0 Å². The average molecular weight is 329 g/mol. The number of sulfonamides is 1. The van der Waals surface area contributed by atoms with E-state index in [4.69, 9.17) is 4.42 Å². The van der Waals surface area contributed by atoms with Crippen molar-refractivity contribution >= 4 is 26.5 Å². The Morgan fingerprint density at radius 2 is 2.05 bits per heavy atom. The van der Waals surface area contributed by atoms with Crippen LogP contribution < -0.4 is 10.0 Å². The minimum atomic E-state index is -3.73. The molecule has 0 amide bonds. The lowest BCUT2D eigenvalue weighted by Gasteiger charge is -2.05. The predicted octanol–water partition coefficient (Wildman–Crippen LogP) is 2.65. The van der Waals surface area contributed by atoms with Gasteiger partial charge in [-0.3, -0.25) is 4.72 Å². The second-order valence-electron chi connectivity index (χ2n) is 5.02. The van der Waals surface area contributed by atoms with E-state index in [-0.39, 0.29) is 5.09 Å². The number of hydrogen-bond acceptors (Lipinski definition) is 6. The minimum Gasteiger partial charge on any atom is -0.446 e. The lowest BCUT2D eigenvalue weighted by atomic mass is 10.3. The number of nitrogens with one attached hydrogen (secondary N) is 2. The van der Waals surface area contributed by atoms with Crippen molar-refractivity contribution in [2.75, 3.05) is 4.72 Å². The van der Waals surface area contributed by atoms with E-state index in [2.05, 4.69) is 15.0 Å². The number of aromatic nitrogens is 1. The summed E-state index contributed by atoms with van der Waals surface area (Å²) in [6.45, 7) is 8.24. The molecule has 0 aliphatic rings. The van der Waals surface area contributed by atoms with E-state index in [1.165, 1.54) is 17.4 Å². The van der Waals surface area contributed by atoms with Crippen LogP contribution in [0, 0.1) is 13.8 Å². The van der Waals surface area contributed by atoms with Gasteiger partial charge in [0.05, 0.1) is 12.2 Å². The molecule has 116 valence electrons. The quantitative estimate of drug-likeness (QED) is 0.851. The summed E-state index contributed by atoms with van der Waals surface area (Å²) in [4.78, 5) is 5.14. The smallest absolute Gasteiger partial charge is 0.297 e. The van der Waals surface area contributed by atoms with Crippen molar-refractivity contribution in [1.29, 1.82) is 0 Å². The van der Waals surface area contributed by atoms with E-state index >= 15 is 0 Å². The Kier molecular flexibility index (Phi) is 4.70. The summed E-state index contributed by atoms with van der Waals surface area (Å²) in [7, 11) is -3.73. The summed E-state index contributed by atoms with van der Waals surface area (Å²) in [5, 5.41) is 3.41. The Hall–Kier alpha value is -1.38. The zero-order valence-corrected chi connectivity index (χ0v) is 14.1. The number of anilines is 1. The Labute approximate surface area is 128 Å². The zero-order valence-electron chi connectivity index (χ0n) is 12.4. The van der Waals surface area contributed by atoms with Crippen molar-refractivity contribution in [2.24, 2.45) is 0 Å². The largest absolute Gasteiger partial charge is 0.446 e. The number of thiazole rings is 1. The van der Waals surface area contributed by atoms with Crippen molar-refractivity contribution in [3.63, 3.8) is 0 Å². The highest BCUT2D eigenvalue weighted by Crippen LogP contribution is 2.24. The molecule has 2 N–H and O–H groups in total. The molecule has 0 atom stereocenters. The molecule has 0 fully saturated rings. The number of furan rings is 1. The maximum absolute atomic E-state index is 12.2. The van der Waals surface area contributed by atoms with Gasteiger partial charge in [-0.1, -0.05) is 13.8 Å². The van der Waals surface area contributed by atoms with Crippen molar-refractivity contribution in [3.8, 4) is 0 Å². The molecular weight excluding hydrogens is 310 g/mol. The third-order valence-electron chi connectivity index (χ3n) is 2.84. The molecule has 0 unspecified atom stereocenters. The highest BCUT2D eigenvalue weighted by molar-refractivity contribution is 7.92. The molecule has 0 saturated carbocycles. The molecular formula is C13H19N3O3S2. The highest BCUT2D eigenvalue weighted by atomic mass is 32.2. The standard InChI is InChI=1S/C13H19N3O3S2/c1-8(2)14-7-11-5-6-12(19-11)21(17,18)16-13-15-9(3)10(4)20-13/h5-6,8,14H,7H2,1-4H3,(H,15,16). The SMILES string of the molecule is Cc1nc(NS(=O)(=O)c2ccc(CNC(C)C)o2)sc1C. The van der Waals surface area contributed by atoms with Crippen LogP contribution in [0.15, 0.2) is 21.6 Å². The van der Waals surface area contributed by atoms with Crippen molar-refractivity contribution in [3.05, 3.63) is 28.5 Å². The van der Waals surface area contributed by atoms with Crippen LogP contribution in [-0.2, 0) is 16.6 Å². The summed E-state index contributed by atoms with van der Waals surface area (Å²) >= 11 is 1.30. The van der Waals surface area contributed by atoms with E-state index in [0.29, 0.717) is 23.5 Å². The predicted molar refractivity (Wildman–Crippen MR) is 83.1 cm³/mol. The molecule has 0 aliphatic heterocycles. The maximum Gasteiger partial charge on any atom is 0.297 e. The van der Waals surface area contributed by atoms with Crippen LogP contribution in [0.1, 0.15) is 30.2 Å². The topological polar surface area (TPSA) is 84.2 Å². The Morgan fingerprint density at radius 3 is 2.62 bits per heavy atom. The number of hydrogen-bond donors (Lipinski definition) is 2. The molecule has 0 spiro atoms. The van der Waals surface area contributed by atoms with E-state index in [0.717, 1.165) is 10.6 Å². The summed E-state index contributed by atoms with van der Waals surface area (Å²) < 4.78 is 32.2. The van der Waals surface area contributed by atoms with Gasteiger partial charge < -0.3 is 9.73 Å². The van der Waals surface area contributed by atoms with Crippen molar-refractivity contribution in [1.82, 2.24) is 10.3 Å². The van der Waals surface area contributed by atoms with E-state index in [9.17, 15) is 8.42 Å². The molecule has 2 aromatic rings. The first kappa shape index (κ1) is 16.0. The molecule has 0 bridgehead atoms. The fourth-order valence-electron chi connectivity index (χ4n) is 1.58. The average Bonchev–Trinajstić information content (AvgIpc) is 2.95. The van der Waals surface area contributed by atoms with E-state index in [1.807, 2.05) is 27.7 Å². The van der Waals surface area contributed by atoms with Crippen LogP contribution in [0.25, 0.3) is 0 Å². The van der Waals surface area contributed by atoms with Crippen LogP contribution in [0.2, 0.25) is 0 Å². The van der Waals surface area contributed by atoms with Crippen molar-refractivity contribution < 1.29 is 12.8 Å². The Bertz CT molecular complexity index is 697. The summed E-state index contributed by atoms with van der Waals surface area (Å²) in [6.07, 6.45) is 0. The number of rotatable bonds is 6. The van der Waals surface area contributed by atoms with E-state index in [1.54, 1.807) is 6.07 Å². The van der Waals surface area contributed by atoms with Gasteiger partial charge in [0.25, 0.3) is 10.0 Å². The second kappa shape index (κ2) is 6.17. The zero-order chi connectivity index (χ0) is 15.6. The van der Waals surface area contributed by atoms with Gasteiger partial charge in [0.1, 0.15) is 5.76 Å². The molecule has 0 saturated heterocycles. The molecule has 6 nitrogen and oxygen atoms in total. The van der Waals surface area contributed by atoms with Gasteiger partial charge in [-0.2, -0.15) is 8.42 Å². The molecule has 2 aromatic heterocycles. The van der Waals surface area contributed by atoms with Crippen LogP contribution in [0.4, 0.5) is 5.13 Å². The Morgan fingerprint density at radius 1 is 1.33 bits per heavy atom. The monoisotopic (exact) mass is 329 g/mol. The summed E-state index contributed by atoms with van der Waals surface area (Å²) in [5.74, 6) is 0.579. The first-order chi connectivity index (χ1) is 9.78. The van der Waals surface area contributed by atoms with E-state index < -0.39 is 10.0 Å². The fourth-order valence-corrected chi connectivity index (χ4v) is 3.59. The number of aryl methyl sites for hydroxylation is 2. The number of nitrogens with zero attached hydrogens (tertiary/aromatic N) is 1. The first-order valence-corrected chi connectivity index (χ1v) is 8.87. The third kappa shape index (κ3) is 4.05. The first-order valence-electron chi connectivity index (χ1n) is 6.57. The van der Waals surface area contributed by atoms with Gasteiger partial charge in [-0.05, 0) is 26.0 Å². The van der Waals surface area contributed by atoms with Gasteiger partial charge in [0, 0.05) is 10.9 Å². The fraction of sp³-hybridized carbons (Fsp3) is 0.462. The summed E-state index contributed by atoms with van der Waals surface area (Å²) in [5.41, 5.74) is 0.818. The molecule has 8 heteroatoms. The van der Waals surface area contributed by atoms with Gasteiger partial charge >= 0.3 is 0 Å². The van der Waals surface area contributed by atoms with Crippen LogP contribution in [0.3, 0.4) is 0 Å².